The molecule has 160 valence electrons. The highest BCUT2D eigenvalue weighted by Gasteiger charge is 2.30. The molecule has 0 radical (unpaired) electrons. The van der Waals surface area contributed by atoms with E-state index in [4.69, 9.17) is 5.73 Å². The molecule has 2 aliphatic rings. The molecule has 0 aromatic heterocycles. The minimum Gasteiger partial charge on any atom is -0.338 e. The van der Waals surface area contributed by atoms with Crippen molar-refractivity contribution in [1.29, 1.82) is 0 Å². The molecular weight excluding hydrogens is 362 g/mol. The van der Waals surface area contributed by atoms with Gasteiger partial charge < -0.3 is 16.0 Å². The molecular formula is C24H37N3O2. The van der Waals surface area contributed by atoms with Gasteiger partial charge in [-0.15, -0.1) is 0 Å². The van der Waals surface area contributed by atoms with Gasteiger partial charge >= 0.3 is 0 Å². The summed E-state index contributed by atoms with van der Waals surface area (Å²) in [6.07, 6.45) is 8.65. The molecule has 5 heteroatoms. The van der Waals surface area contributed by atoms with Gasteiger partial charge in [0.05, 0.1) is 0 Å². The molecule has 2 saturated carbocycles. The van der Waals surface area contributed by atoms with Gasteiger partial charge in [-0.3, -0.25) is 9.59 Å². The Morgan fingerprint density at radius 1 is 1.07 bits per heavy atom. The van der Waals surface area contributed by atoms with Crippen LogP contribution in [0.3, 0.4) is 0 Å². The normalized spacial score (nSPS) is 18.2. The lowest BCUT2D eigenvalue weighted by atomic mass is 9.85. The minimum absolute atomic E-state index is 0.118. The van der Waals surface area contributed by atoms with E-state index < -0.39 is 0 Å². The predicted octanol–water partition coefficient (Wildman–Crippen LogP) is 4.32. The Morgan fingerprint density at radius 3 is 2.38 bits per heavy atom. The number of benzene rings is 1. The molecule has 2 amide bonds. The molecule has 0 heterocycles. The first kappa shape index (κ1) is 21.8. The molecule has 0 aliphatic heterocycles. The van der Waals surface area contributed by atoms with Crippen molar-refractivity contribution >= 4 is 17.5 Å². The summed E-state index contributed by atoms with van der Waals surface area (Å²) in [5.41, 5.74) is 7.71. The average molecular weight is 400 g/mol. The summed E-state index contributed by atoms with van der Waals surface area (Å²) >= 11 is 0. The predicted molar refractivity (Wildman–Crippen MR) is 117 cm³/mol. The van der Waals surface area contributed by atoms with Crippen LogP contribution in [0.15, 0.2) is 24.3 Å². The topological polar surface area (TPSA) is 75.4 Å². The summed E-state index contributed by atoms with van der Waals surface area (Å²) in [5, 5.41) is 3.05. The zero-order chi connectivity index (χ0) is 20.9. The van der Waals surface area contributed by atoms with Crippen molar-refractivity contribution in [1.82, 2.24) is 4.90 Å². The Labute approximate surface area is 175 Å². The summed E-state index contributed by atoms with van der Waals surface area (Å²) in [6, 6.07) is 7.93. The maximum Gasteiger partial charge on any atom is 0.227 e. The fourth-order valence-electron chi connectivity index (χ4n) is 4.28. The Kier molecular flexibility index (Phi) is 7.33. The number of amides is 2. The van der Waals surface area contributed by atoms with Crippen molar-refractivity contribution in [2.45, 2.75) is 71.8 Å². The van der Waals surface area contributed by atoms with E-state index in [0.29, 0.717) is 19.6 Å². The molecule has 1 aromatic carbocycles. The fraction of sp³-hybridized carbons (Fsp3) is 0.667. The van der Waals surface area contributed by atoms with Crippen LogP contribution in [0.5, 0.6) is 0 Å². The first-order valence-corrected chi connectivity index (χ1v) is 11.3. The van der Waals surface area contributed by atoms with Gasteiger partial charge in [-0.2, -0.15) is 0 Å². The van der Waals surface area contributed by atoms with Crippen LogP contribution in [0.25, 0.3) is 0 Å². The van der Waals surface area contributed by atoms with E-state index in [2.05, 4.69) is 19.2 Å². The standard InChI is InChI=1S/C24H37N3O2/c1-24(2,16-25)17-27(23(29)20-9-4-3-5-10-20)15-18-8-6-13-21(14-18)26-22(28)19-11-7-12-19/h6,8,13-14,19-20H,3-5,7,9-12,15-17,25H2,1-2H3,(H,26,28). The third-order valence-corrected chi connectivity index (χ3v) is 6.48. The van der Waals surface area contributed by atoms with Crippen LogP contribution in [0.1, 0.15) is 70.8 Å². The molecule has 1 aromatic rings. The molecule has 2 fully saturated rings. The SMILES string of the molecule is CC(C)(CN)CN(Cc1cccc(NC(=O)C2CCC2)c1)C(=O)C1CCCCC1. The van der Waals surface area contributed by atoms with Crippen LogP contribution >= 0.6 is 0 Å². The maximum atomic E-state index is 13.3. The van der Waals surface area contributed by atoms with Crippen molar-refractivity contribution < 1.29 is 9.59 Å². The molecule has 0 spiro atoms. The number of rotatable bonds is 8. The van der Waals surface area contributed by atoms with Crippen molar-refractivity contribution in [2.75, 3.05) is 18.4 Å². The van der Waals surface area contributed by atoms with Crippen molar-refractivity contribution in [2.24, 2.45) is 23.0 Å². The van der Waals surface area contributed by atoms with E-state index in [1.165, 1.54) is 6.42 Å². The number of hydrogen-bond donors (Lipinski definition) is 2. The second-order valence-corrected chi connectivity index (χ2v) is 9.72. The highest BCUT2D eigenvalue weighted by Crippen LogP contribution is 2.29. The molecule has 0 unspecified atom stereocenters. The van der Waals surface area contributed by atoms with E-state index in [-0.39, 0.29) is 29.1 Å². The summed E-state index contributed by atoms with van der Waals surface area (Å²) < 4.78 is 0. The number of carbonyl (C=O) groups is 2. The van der Waals surface area contributed by atoms with E-state index in [9.17, 15) is 9.59 Å². The zero-order valence-electron chi connectivity index (χ0n) is 18.1. The third kappa shape index (κ3) is 6.05. The maximum absolute atomic E-state index is 13.3. The van der Waals surface area contributed by atoms with Gasteiger partial charge in [-0.1, -0.05) is 51.7 Å². The second kappa shape index (κ2) is 9.75. The van der Waals surface area contributed by atoms with Crippen LogP contribution in [0.4, 0.5) is 5.69 Å². The van der Waals surface area contributed by atoms with Crippen LogP contribution in [-0.2, 0) is 16.1 Å². The Bertz CT molecular complexity index is 706. The van der Waals surface area contributed by atoms with E-state index in [1.807, 2.05) is 29.2 Å². The Balaban J connectivity index is 1.71. The Morgan fingerprint density at radius 2 is 1.76 bits per heavy atom. The largest absolute Gasteiger partial charge is 0.338 e. The quantitative estimate of drug-likeness (QED) is 0.683. The Hall–Kier alpha value is -1.88. The summed E-state index contributed by atoms with van der Waals surface area (Å²) in [4.78, 5) is 27.6. The van der Waals surface area contributed by atoms with Gasteiger partial charge in [-0.25, -0.2) is 0 Å². The van der Waals surface area contributed by atoms with Gasteiger partial charge in [-0.05, 0) is 55.3 Å². The molecule has 29 heavy (non-hydrogen) atoms. The molecule has 3 rings (SSSR count). The highest BCUT2D eigenvalue weighted by atomic mass is 16.2. The summed E-state index contributed by atoms with van der Waals surface area (Å²) in [6.45, 7) is 5.98. The lowest BCUT2D eigenvalue weighted by Crippen LogP contribution is -2.44. The van der Waals surface area contributed by atoms with E-state index in [1.54, 1.807) is 0 Å². The summed E-state index contributed by atoms with van der Waals surface area (Å²) in [5.74, 6) is 0.676. The van der Waals surface area contributed by atoms with Crippen LogP contribution in [-0.4, -0.2) is 29.8 Å². The molecule has 0 bridgehead atoms. The minimum atomic E-state index is -0.125. The summed E-state index contributed by atoms with van der Waals surface area (Å²) in [7, 11) is 0. The fourth-order valence-corrected chi connectivity index (χ4v) is 4.28. The van der Waals surface area contributed by atoms with Crippen molar-refractivity contribution in [3.63, 3.8) is 0 Å². The monoisotopic (exact) mass is 399 g/mol. The van der Waals surface area contributed by atoms with E-state index in [0.717, 1.165) is 56.2 Å². The van der Waals surface area contributed by atoms with Gasteiger partial charge in [0.25, 0.3) is 0 Å². The lowest BCUT2D eigenvalue weighted by Gasteiger charge is -2.35. The molecule has 3 N–H and O–H groups in total. The molecule has 0 atom stereocenters. The molecule has 2 aliphatic carbocycles. The van der Waals surface area contributed by atoms with Gasteiger partial charge in [0.1, 0.15) is 0 Å². The molecule has 5 nitrogen and oxygen atoms in total. The molecule has 0 saturated heterocycles. The number of carbonyl (C=O) groups excluding carboxylic acids is 2. The van der Waals surface area contributed by atoms with Gasteiger partial charge in [0.15, 0.2) is 0 Å². The second-order valence-electron chi connectivity index (χ2n) is 9.72. The smallest absolute Gasteiger partial charge is 0.227 e. The number of anilines is 1. The van der Waals surface area contributed by atoms with E-state index >= 15 is 0 Å². The number of nitrogens with two attached hydrogens (primary N) is 1. The number of nitrogens with zero attached hydrogens (tertiary/aromatic N) is 1. The van der Waals surface area contributed by atoms with Crippen molar-refractivity contribution in [3.05, 3.63) is 29.8 Å². The van der Waals surface area contributed by atoms with Crippen LogP contribution < -0.4 is 11.1 Å². The third-order valence-electron chi connectivity index (χ3n) is 6.48. The number of hydrogen-bond acceptors (Lipinski definition) is 3. The van der Waals surface area contributed by atoms with Crippen LogP contribution in [0.2, 0.25) is 0 Å². The zero-order valence-corrected chi connectivity index (χ0v) is 18.1. The first-order valence-electron chi connectivity index (χ1n) is 11.3. The van der Waals surface area contributed by atoms with Gasteiger partial charge in [0, 0.05) is 30.6 Å². The van der Waals surface area contributed by atoms with Crippen LogP contribution in [0, 0.1) is 17.3 Å². The highest BCUT2D eigenvalue weighted by molar-refractivity contribution is 5.93. The average Bonchev–Trinajstić information content (AvgIpc) is 2.66. The first-order chi connectivity index (χ1) is 13.9. The number of nitrogens with one attached hydrogen (secondary N) is 1. The lowest BCUT2D eigenvalue weighted by molar-refractivity contribution is -0.138. The van der Waals surface area contributed by atoms with Crippen molar-refractivity contribution in [3.8, 4) is 0 Å². The van der Waals surface area contributed by atoms with Gasteiger partial charge in [0.2, 0.25) is 11.8 Å².